The largest absolute Gasteiger partial charge is 0.462 e. The molecule has 0 heterocycles. The van der Waals surface area contributed by atoms with E-state index in [1.807, 2.05) is 0 Å². The predicted molar refractivity (Wildman–Crippen MR) is 283 cm³/mol. The lowest BCUT2D eigenvalue weighted by atomic mass is 10.0. The fourth-order valence-electron chi connectivity index (χ4n) is 6.99. The summed E-state index contributed by atoms with van der Waals surface area (Å²) in [4.78, 5) is 38.0. The van der Waals surface area contributed by atoms with Crippen molar-refractivity contribution in [1.29, 1.82) is 0 Å². The van der Waals surface area contributed by atoms with Crippen molar-refractivity contribution in [2.24, 2.45) is 0 Å². The molecule has 0 fully saturated rings. The van der Waals surface area contributed by atoms with Gasteiger partial charge in [0.1, 0.15) is 13.2 Å². The van der Waals surface area contributed by atoms with E-state index < -0.39 is 6.10 Å². The van der Waals surface area contributed by atoms with E-state index in [-0.39, 0.29) is 44.0 Å². The minimum atomic E-state index is -0.818. The summed E-state index contributed by atoms with van der Waals surface area (Å²) in [5, 5.41) is 0. The van der Waals surface area contributed by atoms with Crippen molar-refractivity contribution in [3.05, 3.63) is 109 Å². The van der Waals surface area contributed by atoms with Gasteiger partial charge in [0.25, 0.3) is 0 Å². The van der Waals surface area contributed by atoms with Crippen molar-refractivity contribution in [3.8, 4) is 0 Å². The fourth-order valence-corrected chi connectivity index (χ4v) is 6.99. The number of hydrogen-bond donors (Lipinski definition) is 0. The summed E-state index contributed by atoms with van der Waals surface area (Å²) in [5.74, 6) is -1.00. The Labute approximate surface area is 406 Å². The Morgan fingerprint density at radius 1 is 0.318 bits per heavy atom. The van der Waals surface area contributed by atoms with Gasteiger partial charge in [0.15, 0.2) is 6.10 Å². The van der Waals surface area contributed by atoms with Crippen LogP contribution in [0.5, 0.6) is 0 Å². The maximum Gasteiger partial charge on any atom is 0.306 e. The van der Waals surface area contributed by atoms with Gasteiger partial charge in [-0.1, -0.05) is 220 Å². The Morgan fingerprint density at radius 3 is 1.02 bits per heavy atom. The Hall–Kier alpha value is -3.93. The lowest BCUT2D eigenvalue weighted by molar-refractivity contribution is -0.167. The number of rotatable bonds is 47. The molecule has 6 heteroatoms. The third-order valence-corrected chi connectivity index (χ3v) is 11.0. The molecule has 0 aromatic rings. The summed E-state index contributed by atoms with van der Waals surface area (Å²) in [5.41, 5.74) is 0. The van der Waals surface area contributed by atoms with Gasteiger partial charge in [-0.3, -0.25) is 14.4 Å². The van der Waals surface area contributed by atoms with E-state index in [1.165, 1.54) is 83.5 Å². The second kappa shape index (κ2) is 53.7. The number of carbonyl (C=O) groups is 3. The van der Waals surface area contributed by atoms with E-state index in [9.17, 15) is 14.4 Å². The topological polar surface area (TPSA) is 78.9 Å². The van der Waals surface area contributed by atoms with Crippen LogP contribution in [0.2, 0.25) is 0 Å². The summed E-state index contributed by atoms with van der Waals surface area (Å²) < 4.78 is 16.7. The molecule has 0 radical (unpaired) electrons. The number of allylic oxidation sites excluding steroid dienone is 18. The number of unbranched alkanes of at least 4 members (excludes halogenated alkanes) is 18. The first-order chi connectivity index (χ1) is 32.5. The average Bonchev–Trinajstić information content (AvgIpc) is 3.31. The quantitative estimate of drug-likeness (QED) is 0.0262. The van der Waals surface area contributed by atoms with Gasteiger partial charge in [-0.25, -0.2) is 0 Å². The van der Waals surface area contributed by atoms with E-state index in [1.54, 1.807) is 0 Å². The molecule has 0 saturated heterocycles. The van der Waals surface area contributed by atoms with Gasteiger partial charge in [0.2, 0.25) is 0 Å². The molecule has 0 unspecified atom stereocenters. The van der Waals surface area contributed by atoms with Crippen molar-refractivity contribution >= 4 is 17.9 Å². The van der Waals surface area contributed by atoms with Crippen LogP contribution in [0.1, 0.15) is 233 Å². The maximum absolute atomic E-state index is 12.8. The molecule has 0 aromatic carbocycles. The monoisotopic (exact) mass is 915 g/mol. The Morgan fingerprint density at radius 2 is 0.606 bits per heavy atom. The number of carbonyl (C=O) groups excluding carboxylic acids is 3. The second-order valence-electron chi connectivity index (χ2n) is 17.4. The minimum absolute atomic E-state index is 0.109. The third-order valence-electron chi connectivity index (χ3n) is 11.0. The summed E-state index contributed by atoms with van der Waals surface area (Å²) in [6, 6.07) is 0. The number of esters is 3. The molecule has 0 aliphatic carbocycles. The molecule has 374 valence electrons. The molecule has 0 aliphatic rings. The van der Waals surface area contributed by atoms with Crippen LogP contribution in [-0.2, 0) is 28.6 Å². The molecular formula is C60H98O6. The van der Waals surface area contributed by atoms with E-state index in [4.69, 9.17) is 14.2 Å². The third kappa shape index (κ3) is 51.1. The van der Waals surface area contributed by atoms with E-state index in [0.29, 0.717) is 19.3 Å². The molecular weight excluding hydrogens is 817 g/mol. The molecule has 0 rings (SSSR count). The highest BCUT2D eigenvalue weighted by molar-refractivity contribution is 5.71. The second-order valence-corrected chi connectivity index (χ2v) is 17.4. The number of ether oxygens (including phenoxy) is 3. The average molecular weight is 915 g/mol. The Balaban J connectivity index is 4.54. The van der Waals surface area contributed by atoms with E-state index in [2.05, 4.69) is 130 Å². The van der Waals surface area contributed by atoms with Crippen molar-refractivity contribution in [1.82, 2.24) is 0 Å². The summed E-state index contributed by atoms with van der Waals surface area (Å²) in [6.45, 7) is 6.41. The lowest BCUT2D eigenvalue weighted by Gasteiger charge is -2.18. The Bertz CT molecular complexity index is 1370. The van der Waals surface area contributed by atoms with Crippen LogP contribution in [0.3, 0.4) is 0 Å². The highest BCUT2D eigenvalue weighted by Gasteiger charge is 2.19. The van der Waals surface area contributed by atoms with Crippen LogP contribution in [0.4, 0.5) is 0 Å². The van der Waals surface area contributed by atoms with Crippen molar-refractivity contribution < 1.29 is 28.6 Å². The first-order valence-electron chi connectivity index (χ1n) is 26.9. The number of hydrogen-bond acceptors (Lipinski definition) is 6. The molecule has 0 N–H and O–H groups in total. The van der Waals surface area contributed by atoms with Gasteiger partial charge in [0.05, 0.1) is 0 Å². The zero-order chi connectivity index (χ0) is 47.9. The molecule has 0 spiro atoms. The highest BCUT2D eigenvalue weighted by Crippen LogP contribution is 2.14. The molecule has 0 aliphatic heterocycles. The van der Waals surface area contributed by atoms with Crippen LogP contribution < -0.4 is 0 Å². The molecule has 66 heavy (non-hydrogen) atoms. The van der Waals surface area contributed by atoms with Gasteiger partial charge >= 0.3 is 17.9 Å². The predicted octanol–water partition coefficient (Wildman–Crippen LogP) is 17.9. The molecule has 0 saturated carbocycles. The van der Waals surface area contributed by atoms with Crippen LogP contribution in [0, 0.1) is 0 Å². The van der Waals surface area contributed by atoms with Crippen molar-refractivity contribution in [3.63, 3.8) is 0 Å². The van der Waals surface area contributed by atoms with Gasteiger partial charge in [-0.05, 0) is 103 Å². The molecule has 0 amide bonds. The first-order valence-corrected chi connectivity index (χ1v) is 26.9. The molecule has 0 bridgehead atoms. The standard InChI is InChI=1S/C60H98O6/c1-4-7-10-13-16-19-22-25-27-29-30-32-34-36-39-42-45-48-51-54-60(63)66-57(55-64-58(61)52-49-46-43-40-37-24-21-18-15-12-9-6-3)56-65-59(62)53-50-47-44-41-38-35-33-31-28-26-23-20-17-14-11-8-5-2/h8,11,16-17,19-20,25-28,30,32-33,35-36,39,41,44,57H,4-7,9-10,12-15,18,21-24,29,31,34,37-38,40,42-43,45-56H2,1-3H3/b11-8-,19-16-,20-17-,27-25-,28-26-,32-30-,35-33-,39-36-,44-41-/t57-/m0/s1. The fraction of sp³-hybridized carbons (Fsp3) is 0.650. The summed E-state index contributed by atoms with van der Waals surface area (Å²) >= 11 is 0. The smallest absolute Gasteiger partial charge is 0.306 e. The molecule has 0 aromatic heterocycles. The zero-order valence-electron chi connectivity index (χ0n) is 42.7. The maximum atomic E-state index is 12.8. The zero-order valence-corrected chi connectivity index (χ0v) is 42.7. The normalized spacial score (nSPS) is 13.0. The van der Waals surface area contributed by atoms with Crippen LogP contribution in [0.25, 0.3) is 0 Å². The van der Waals surface area contributed by atoms with Gasteiger partial charge in [0, 0.05) is 19.3 Å². The lowest BCUT2D eigenvalue weighted by Crippen LogP contribution is -2.30. The van der Waals surface area contributed by atoms with Crippen molar-refractivity contribution in [2.45, 2.75) is 239 Å². The molecule has 1 atom stereocenters. The van der Waals surface area contributed by atoms with E-state index in [0.717, 1.165) is 96.3 Å². The summed E-state index contributed by atoms with van der Waals surface area (Å²) in [6.07, 6.45) is 72.2. The highest BCUT2D eigenvalue weighted by atomic mass is 16.6. The van der Waals surface area contributed by atoms with Gasteiger partial charge in [-0.15, -0.1) is 0 Å². The van der Waals surface area contributed by atoms with Gasteiger partial charge < -0.3 is 14.2 Å². The Kier molecular flexibility index (Phi) is 50.5. The summed E-state index contributed by atoms with van der Waals surface area (Å²) in [7, 11) is 0. The van der Waals surface area contributed by atoms with Crippen LogP contribution in [0.15, 0.2) is 109 Å². The first kappa shape index (κ1) is 62.1. The van der Waals surface area contributed by atoms with Crippen molar-refractivity contribution in [2.75, 3.05) is 13.2 Å². The van der Waals surface area contributed by atoms with Crippen LogP contribution >= 0.6 is 0 Å². The molecule has 6 nitrogen and oxygen atoms in total. The van der Waals surface area contributed by atoms with Gasteiger partial charge in [-0.2, -0.15) is 0 Å². The van der Waals surface area contributed by atoms with E-state index >= 15 is 0 Å². The minimum Gasteiger partial charge on any atom is -0.462 e. The SMILES string of the molecule is CC/C=C\C/C=C\C/C=C\C/C=C\C/C=C\CCCC(=O)OC[C@H](COC(=O)CCCCCCCCCCCCCC)OC(=O)CCCCC/C=C\C/C=C\C/C=C\C/C=C\CCCCC. The van der Waals surface area contributed by atoms with Crippen LogP contribution in [-0.4, -0.2) is 37.2 Å².